The van der Waals surface area contributed by atoms with Crippen molar-refractivity contribution in [3.05, 3.63) is 52.0 Å². The molecule has 2 aromatic heterocycles. The van der Waals surface area contributed by atoms with Gasteiger partial charge in [0.2, 0.25) is 5.56 Å². The van der Waals surface area contributed by atoms with Crippen molar-refractivity contribution in [2.75, 3.05) is 6.54 Å². The van der Waals surface area contributed by atoms with Crippen molar-refractivity contribution in [1.82, 2.24) is 19.9 Å². The summed E-state index contributed by atoms with van der Waals surface area (Å²) in [4.78, 5) is 35.7. The van der Waals surface area contributed by atoms with E-state index in [0.717, 1.165) is 24.4 Å². The van der Waals surface area contributed by atoms with Crippen molar-refractivity contribution in [2.45, 2.75) is 25.8 Å². The third kappa shape index (κ3) is 2.24. The number of H-pyrrole nitrogens is 2. The lowest BCUT2D eigenvalue weighted by Gasteiger charge is -2.23. The van der Waals surface area contributed by atoms with Crippen LogP contribution in [0.3, 0.4) is 0 Å². The zero-order chi connectivity index (χ0) is 14.1. The number of nitrogens with one attached hydrogen (secondary N) is 2. The number of rotatable bonds is 2. The topological polar surface area (TPSA) is 81.8 Å². The van der Waals surface area contributed by atoms with Crippen LogP contribution in [-0.4, -0.2) is 32.3 Å². The highest BCUT2D eigenvalue weighted by Gasteiger charge is 2.32. The minimum Gasteiger partial charge on any atom is -0.344 e. The Balaban J connectivity index is 1.89. The van der Waals surface area contributed by atoms with Gasteiger partial charge >= 0.3 is 0 Å². The number of carbonyl (C=O) groups excluding carboxylic acids is 1. The van der Waals surface area contributed by atoms with E-state index < -0.39 is 0 Å². The second kappa shape index (κ2) is 4.96. The van der Waals surface area contributed by atoms with Crippen LogP contribution < -0.4 is 5.56 Å². The zero-order valence-corrected chi connectivity index (χ0v) is 11.2. The van der Waals surface area contributed by atoms with E-state index in [4.69, 9.17) is 0 Å². The molecule has 0 saturated carbocycles. The first-order chi connectivity index (χ1) is 9.65. The number of hydrogen-bond donors (Lipinski definition) is 2. The molecule has 2 aromatic rings. The summed E-state index contributed by atoms with van der Waals surface area (Å²) in [6.45, 7) is 2.62. The predicted octanol–water partition coefficient (Wildman–Crippen LogP) is 1.38. The van der Waals surface area contributed by atoms with Crippen molar-refractivity contribution in [2.24, 2.45) is 0 Å². The molecular weight excluding hydrogens is 256 g/mol. The first-order valence-electron chi connectivity index (χ1n) is 6.67. The fourth-order valence-electron chi connectivity index (χ4n) is 2.62. The quantitative estimate of drug-likeness (QED) is 0.866. The largest absolute Gasteiger partial charge is 0.344 e. The summed E-state index contributed by atoms with van der Waals surface area (Å²) >= 11 is 0. The Morgan fingerprint density at radius 2 is 2.25 bits per heavy atom. The lowest BCUT2D eigenvalue weighted by molar-refractivity contribution is 0.0724. The molecule has 0 spiro atoms. The van der Waals surface area contributed by atoms with Crippen LogP contribution in [0, 0.1) is 6.92 Å². The van der Waals surface area contributed by atoms with Gasteiger partial charge in [-0.1, -0.05) is 6.07 Å². The Morgan fingerprint density at radius 3 is 2.95 bits per heavy atom. The number of aromatic amines is 2. The number of amides is 1. The van der Waals surface area contributed by atoms with Crippen molar-refractivity contribution in [3.8, 4) is 0 Å². The predicted molar refractivity (Wildman–Crippen MR) is 73.4 cm³/mol. The third-order valence-electron chi connectivity index (χ3n) is 3.55. The van der Waals surface area contributed by atoms with Crippen molar-refractivity contribution < 1.29 is 4.79 Å². The maximum atomic E-state index is 12.5. The molecule has 0 unspecified atom stereocenters. The smallest absolute Gasteiger partial charge is 0.270 e. The van der Waals surface area contributed by atoms with E-state index in [1.54, 1.807) is 23.2 Å². The van der Waals surface area contributed by atoms with Gasteiger partial charge < -0.3 is 14.9 Å². The minimum atomic E-state index is -0.263. The molecule has 3 heterocycles. The average Bonchev–Trinajstić information content (AvgIpc) is 3.06. The van der Waals surface area contributed by atoms with E-state index in [1.165, 1.54) is 6.07 Å². The van der Waals surface area contributed by atoms with E-state index in [2.05, 4.69) is 15.0 Å². The SMILES string of the molecule is Cc1cnc([C@H]2CCCN2C(=O)c2cccc(=O)[nH]2)[nH]1. The molecule has 0 radical (unpaired) electrons. The molecule has 2 N–H and O–H groups in total. The standard InChI is InChI=1S/C14H16N4O2/c1-9-8-15-13(16-9)11-5-3-7-18(11)14(20)10-4-2-6-12(19)17-10/h2,4,6,8,11H,3,5,7H2,1H3,(H,15,16)(H,17,19)/t11-/m1/s1. The van der Waals surface area contributed by atoms with Crippen molar-refractivity contribution in [3.63, 3.8) is 0 Å². The molecule has 0 bridgehead atoms. The normalized spacial score (nSPS) is 18.4. The average molecular weight is 272 g/mol. The Morgan fingerprint density at radius 1 is 1.40 bits per heavy atom. The van der Waals surface area contributed by atoms with Crippen LogP contribution in [0.1, 0.15) is 40.9 Å². The van der Waals surface area contributed by atoms with E-state index in [1.807, 2.05) is 6.92 Å². The summed E-state index contributed by atoms with van der Waals surface area (Å²) in [5.41, 5.74) is 1.04. The van der Waals surface area contributed by atoms with Crippen molar-refractivity contribution >= 4 is 5.91 Å². The third-order valence-corrected chi connectivity index (χ3v) is 3.55. The Hall–Kier alpha value is -2.37. The van der Waals surface area contributed by atoms with E-state index in [-0.39, 0.29) is 17.5 Å². The zero-order valence-electron chi connectivity index (χ0n) is 11.2. The minimum absolute atomic E-state index is 0.0418. The molecular formula is C14H16N4O2. The van der Waals surface area contributed by atoms with E-state index in [9.17, 15) is 9.59 Å². The number of likely N-dealkylation sites (tertiary alicyclic amines) is 1. The maximum absolute atomic E-state index is 12.5. The van der Waals surface area contributed by atoms with Gasteiger partial charge in [-0.25, -0.2) is 4.98 Å². The molecule has 1 aliphatic heterocycles. The first kappa shape index (κ1) is 12.7. The van der Waals surface area contributed by atoms with Gasteiger partial charge in [0.15, 0.2) is 0 Å². The molecule has 6 heteroatoms. The van der Waals surface area contributed by atoms with Gasteiger partial charge in [0.25, 0.3) is 5.91 Å². The summed E-state index contributed by atoms with van der Waals surface area (Å²) < 4.78 is 0. The molecule has 3 rings (SSSR count). The first-order valence-corrected chi connectivity index (χ1v) is 6.67. The number of carbonyl (C=O) groups is 1. The second-order valence-electron chi connectivity index (χ2n) is 5.04. The summed E-state index contributed by atoms with van der Waals surface area (Å²) in [7, 11) is 0. The molecule has 1 amide bonds. The second-order valence-corrected chi connectivity index (χ2v) is 5.04. The molecule has 6 nitrogen and oxygen atoms in total. The van der Waals surface area contributed by atoms with Crippen LogP contribution in [0.15, 0.2) is 29.2 Å². The molecule has 1 saturated heterocycles. The number of aromatic nitrogens is 3. The molecule has 0 aliphatic carbocycles. The fourth-order valence-corrected chi connectivity index (χ4v) is 2.62. The monoisotopic (exact) mass is 272 g/mol. The maximum Gasteiger partial charge on any atom is 0.270 e. The molecule has 20 heavy (non-hydrogen) atoms. The number of imidazole rings is 1. The highest BCUT2D eigenvalue weighted by molar-refractivity contribution is 5.92. The van der Waals surface area contributed by atoms with Gasteiger partial charge in [-0.3, -0.25) is 9.59 Å². The molecule has 104 valence electrons. The number of pyridine rings is 1. The number of nitrogens with zero attached hydrogens (tertiary/aromatic N) is 2. The molecule has 0 aromatic carbocycles. The van der Waals surface area contributed by atoms with E-state index >= 15 is 0 Å². The van der Waals surface area contributed by atoms with Crippen LogP contribution >= 0.6 is 0 Å². The summed E-state index contributed by atoms with van der Waals surface area (Å²) in [5, 5.41) is 0. The van der Waals surface area contributed by atoms with Gasteiger partial charge in [0.1, 0.15) is 11.5 Å². The van der Waals surface area contributed by atoms with Crippen LogP contribution in [0.25, 0.3) is 0 Å². The summed E-state index contributed by atoms with van der Waals surface area (Å²) in [6.07, 6.45) is 3.59. The summed E-state index contributed by atoms with van der Waals surface area (Å²) in [5.74, 6) is 0.658. The Kier molecular flexibility index (Phi) is 3.14. The molecule has 1 aliphatic rings. The fraction of sp³-hybridized carbons (Fsp3) is 0.357. The van der Waals surface area contributed by atoms with Gasteiger partial charge in [-0.15, -0.1) is 0 Å². The lowest BCUT2D eigenvalue weighted by atomic mass is 10.2. The van der Waals surface area contributed by atoms with Crippen LogP contribution in [0.2, 0.25) is 0 Å². The highest BCUT2D eigenvalue weighted by Crippen LogP contribution is 2.31. The van der Waals surface area contributed by atoms with Crippen LogP contribution in [0.5, 0.6) is 0 Å². The van der Waals surface area contributed by atoms with Crippen LogP contribution in [0.4, 0.5) is 0 Å². The van der Waals surface area contributed by atoms with Gasteiger partial charge in [0, 0.05) is 24.5 Å². The van der Waals surface area contributed by atoms with Crippen LogP contribution in [-0.2, 0) is 0 Å². The lowest BCUT2D eigenvalue weighted by Crippen LogP contribution is -2.32. The Labute approximate surface area is 115 Å². The number of hydrogen-bond acceptors (Lipinski definition) is 3. The van der Waals surface area contributed by atoms with Gasteiger partial charge in [-0.2, -0.15) is 0 Å². The van der Waals surface area contributed by atoms with Gasteiger partial charge in [-0.05, 0) is 25.8 Å². The summed E-state index contributed by atoms with van der Waals surface area (Å²) in [6, 6.07) is 4.58. The number of aryl methyl sites for hydroxylation is 1. The van der Waals surface area contributed by atoms with Crippen molar-refractivity contribution in [1.29, 1.82) is 0 Å². The molecule has 1 fully saturated rings. The Bertz CT molecular complexity index is 688. The molecule has 1 atom stereocenters. The van der Waals surface area contributed by atoms with Gasteiger partial charge in [0.05, 0.1) is 6.04 Å². The highest BCUT2D eigenvalue weighted by atomic mass is 16.2. The van der Waals surface area contributed by atoms with E-state index in [0.29, 0.717) is 12.2 Å².